The Bertz CT molecular complexity index is 997. The maximum atomic E-state index is 8.73. The zero-order valence-corrected chi connectivity index (χ0v) is 16.6. The van der Waals surface area contributed by atoms with Crippen LogP contribution in [0.1, 0.15) is 29.0 Å². The first kappa shape index (κ1) is 19.1. The monoisotopic (exact) mass is 387 g/mol. The zero-order valence-electron chi connectivity index (χ0n) is 16.6. The molecule has 0 saturated carbocycles. The number of hydrogen-bond donors (Lipinski definition) is 2. The lowest BCUT2D eigenvalue weighted by molar-refractivity contribution is 0.448. The van der Waals surface area contributed by atoms with Gasteiger partial charge in [-0.2, -0.15) is 10.4 Å². The van der Waals surface area contributed by atoms with Gasteiger partial charge in [-0.15, -0.1) is 0 Å². The Labute approximate surface area is 170 Å². The molecule has 4 rings (SSSR count). The van der Waals surface area contributed by atoms with Crippen LogP contribution in [-0.2, 0) is 13.0 Å². The fourth-order valence-corrected chi connectivity index (χ4v) is 3.39. The number of nitriles is 1. The first-order chi connectivity index (χ1) is 14.2. The van der Waals surface area contributed by atoms with Crippen molar-refractivity contribution in [3.05, 3.63) is 59.5 Å². The molecule has 1 aliphatic rings. The minimum Gasteiger partial charge on any atom is -0.354 e. The minimum absolute atomic E-state index is 0.440. The molecular weight excluding hydrogens is 362 g/mol. The molecule has 3 aromatic rings. The number of aromatic nitrogens is 4. The summed E-state index contributed by atoms with van der Waals surface area (Å²) in [7, 11) is 0. The highest BCUT2D eigenvalue weighted by molar-refractivity contribution is 5.62. The van der Waals surface area contributed by atoms with Crippen molar-refractivity contribution in [3.8, 4) is 17.3 Å². The fourth-order valence-electron chi connectivity index (χ4n) is 3.39. The molecule has 0 spiro atoms. The molecule has 7 heteroatoms. The largest absolute Gasteiger partial charge is 0.354 e. The lowest BCUT2D eigenvalue weighted by atomic mass is 9.93. The number of aryl methyl sites for hydroxylation is 2. The van der Waals surface area contributed by atoms with Crippen molar-refractivity contribution in [2.45, 2.75) is 32.2 Å². The molecule has 0 amide bonds. The van der Waals surface area contributed by atoms with Crippen molar-refractivity contribution in [1.82, 2.24) is 25.1 Å². The van der Waals surface area contributed by atoms with Crippen LogP contribution < -0.4 is 10.6 Å². The second-order valence-electron chi connectivity index (χ2n) is 7.40. The fraction of sp³-hybridized carbons (Fsp3) is 0.364. The molecule has 1 fully saturated rings. The average Bonchev–Trinajstić information content (AvgIpc) is 3.16. The predicted molar refractivity (Wildman–Crippen MR) is 112 cm³/mol. The highest BCUT2D eigenvalue weighted by Crippen LogP contribution is 2.22. The quantitative estimate of drug-likeness (QED) is 0.618. The van der Waals surface area contributed by atoms with Gasteiger partial charge in [-0.1, -0.05) is 24.3 Å². The molecule has 29 heavy (non-hydrogen) atoms. The van der Waals surface area contributed by atoms with Crippen molar-refractivity contribution < 1.29 is 0 Å². The van der Waals surface area contributed by atoms with Crippen LogP contribution >= 0.6 is 0 Å². The number of nitrogens with one attached hydrogen (secondary N) is 2. The Kier molecular flexibility index (Phi) is 5.82. The van der Waals surface area contributed by atoms with Crippen molar-refractivity contribution in [2.75, 3.05) is 25.0 Å². The maximum Gasteiger partial charge on any atom is 0.223 e. The second kappa shape index (κ2) is 8.84. The first-order valence-electron chi connectivity index (χ1n) is 10.00. The summed E-state index contributed by atoms with van der Waals surface area (Å²) < 4.78 is 1.77. The van der Waals surface area contributed by atoms with E-state index in [0.717, 1.165) is 42.9 Å². The van der Waals surface area contributed by atoms with Crippen LogP contribution in [0.4, 0.5) is 5.95 Å². The maximum absolute atomic E-state index is 8.73. The molecule has 3 heterocycles. The summed E-state index contributed by atoms with van der Waals surface area (Å²) in [5.41, 5.74) is 5.52. The molecule has 2 N–H and O–H groups in total. The van der Waals surface area contributed by atoms with Gasteiger partial charge in [-0.05, 0) is 30.0 Å². The molecule has 1 aromatic carbocycles. The van der Waals surface area contributed by atoms with Crippen molar-refractivity contribution >= 4 is 5.95 Å². The molecule has 0 unspecified atom stereocenters. The van der Waals surface area contributed by atoms with Crippen LogP contribution in [0.2, 0.25) is 0 Å². The van der Waals surface area contributed by atoms with Gasteiger partial charge in [0.2, 0.25) is 5.95 Å². The van der Waals surface area contributed by atoms with E-state index in [9.17, 15) is 0 Å². The summed E-state index contributed by atoms with van der Waals surface area (Å²) in [5.74, 6) is 1.29. The molecule has 1 aliphatic heterocycles. The van der Waals surface area contributed by atoms with Crippen molar-refractivity contribution in [1.29, 1.82) is 5.26 Å². The zero-order chi connectivity index (χ0) is 20.1. The lowest BCUT2D eigenvalue weighted by Crippen LogP contribution is -2.39. The van der Waals surface area contributed by atoms with Gasteiger partial charge < -0.3 is 10.6 Å². The molecule has 0 radical (unpaired) electrons. The molecule has 0 aliphatic carbocycles. The average molecular weight is 387 g/mol. The van der Waals surface area contributed by atoms with Crippen LogP contribution in [-0.4, -0.2) is 39.4 Å². The van der Waals surface area contributed by atoms with E-state index in [-0.39, 0.29) is 0 Å². The topological polar surface area (TPSA) is 91.4 Å². The molecule has 7 nitrogen and oxygen atoms in total. The number of hydrogen-bond acceptors (Lipinski definition) is 6. The van der Waals surface area contributed by atoms with Gasteiger partial charge in [-0.25, -0.2) is 9.97 Å². The Hall–Kier alpha value is -3.24. The number of rotatable bonds is 8. The van der Waals surface area contributed by atoms with Gasteiger partial charge in [0.05, 0.1) is 30.9 Å². The van der Waals surface area contributed by atoms with Gasteiger partial charge in [-0.3, -0.25) is 4.68 Å². The summed E-state index contributed by atoms with van der Waals surface area (Å²) in [6, 6.07) is 11.0. The van der Waals surface area contributed by atoms with Crippen LogP contribution in [0, 0.1) is 18.3 Å². The molecule has 0 bridgehead atoms. The molecular formula is C22H25N7. The smallest absolute Gasteiger partial charge is 0.223 e. The van der Waals surface area contributed by atoms with E-state index in [0.29, 0.717) is 24.8 Å². The van der Waals surface area contributed by atoms with E-state index >= 15 is 0 Å². The summed E-state index contributed by atoms with van der Waals surface area (Å²) in [5, 5.41) is 19.7. The van der Waals surface area contributed by atoms with E-state index in [2.05, 4.69) is 56.0 Å². The number of benzene rings is 1. The molecule has 2 aromatic heterocycles. The Balaban J connectivity index is 1.36. The van der Waals surface area contributed by atoms with Gasteiger partial charge in [0, 0.05) is 43.5 Å². The number of anilines is 1. The third-order valence-electron chi connectivity index (χ3n) is 5.26. The van der Waals surface area contributed by atoms with E-state index in [1.807, 2.05) is 19.3 Å². The standard InChI is InChI=1S/C22H25N7/c1-16-11-26-22(28-21(16)20-14-27-29(15-20)10-2-8-23)25-9-7-17-3-5-18(6-4-17)19-12-24-13-19/h3-6,11,14-15,19,24H,2,7,9-10,12-13H2,1H3,(H,25,26,28). The van der Waals surface area contributed by atoms with Crippen LogP contribution in [0.3, 0.4) is 0 Å². The Morgan fingerprint density at radius 3 is 2.79 bits per heavy atom. The third-order valence-corrected chi connectivity index (χ3v) is 5.26. The van der Waals surface area contributed by atoms with E-state index in [1.54, 1.807) is 10.9 Å². The summed E-state index contributed by atoms with van der Waals surface area (Å²) >= 11 is 0. The van der Waals surface area contributed by atoms with Crippen LogP contribution in [0.15, 0.2) is 42.9 Å². The Morgan fingerprint density at radius 1 is 1.24 bits per heavy atom. The molecule has 148 valence electrons. The highest BCUT2D eigenvalue weighted by atomic mass is 15.3. The van der Waals surface area contributed by atoms with E-state index in [4.69, 9.17) is 5.26 Å². The van der Waals surface area contributed by atoms with Gasteiger partial charge in [0.25, 0.3) is 0 Å². The molecule has 1 saturated heterocycles. The number of nitrogens with zero attached hydrogens (tertiary/aromatic N) is 5. The van der Waals surface area contributed by atoms with E-state index in [1.165, 1.54) is 11.1 Å². The highest BCUT2D eigenvalue weighted by Gasteiger charge is 2.18. The second-order valence-corrected chi connectivity index (χ2v) is 7.40. The van der Waals surface area contributed by atoms with Crippen LogP contribution in [0.5, 0.6) is 0 Å². The van der Waals surface area contributed by atoms with Crippen molar-refractivity contribution in [2.24, 2.45) is 0 Å². The SMILES string of the molecule is Cc1cnc(NCCc2ccc(C3CNC3)cc2)nc1-c1cnn(CCC#N)c1. The Morgan fingerprint density at radius 2 is 2.07 bits per heavy atom. The van der Waals surface area contributed by atoms with Crippen LogP contribution in [0.25, 0.3) is 11.3 Å². The van der Waals surface area contributed by atoms with Crippen molar-refractivity contribution in [3.63, 3.8) is 0 Å². The summed E-state index contributed by atoms with van der Waals surface area (Å²) in [6.45, 7) is 5.53. The van der Waals surface area contributed by atoms with E-state index < -0.39 is 0 Å². The summed E-state index contributed by atoms with van der Waals surface area (Å²) in [4.78, 5) is 9.08. The third kappa shape index (κ3) is 4.61. The van der Waals surface area contributed by atoms with Gasteiger partial charge >= 0.3 is 0 Å². The predicted octanol–water partition coefficient (Wildman–Crippen LogP) is 2.90. The molecule has 0 atom stereocenters. The lowest BCUT2D eigenvalue weighted by Gasteiger charge is -2.27. The van der Waals surface area contributed by atoms with Gasteiger partial charge in [0.1, 0.15) is 0 Å². The first-order valence-corrected chi connectivity index (χ1v) is 10.00. The summed E-state index contributed by atoms with van der Waals surface area (Å²) in [6.07, 6.45) is 6.90. The van der Waals surface area contributed by atoms with Gasteiger partial charge in [0.15, 0.2) is 0 Å². The minimum atomic E-state index is 0.440. The normalized spacial score (nSPS) is 13.7.